The lowest BCUT2D eigenvalue weighted by Gasteiger charge is -2.35. The highest BCUT2D eigenvalue weighted by Crippen LogP contribution is 2.12. The Morgan fingerprint density at radius 3 is 2.26 bits per heavy atom. The van der Waals surface area contributed by atoms with Crippen LogP contribution in [-0.4, -0.2) is 46.5 Å². The average Bonchev–Trinajstić information content (AvgIpc) is 2.87. The Morgan fingerprint density at radius 1 is 1.32 bits per heavy atom. The van der Waals surface area contributed by atoms with E-state index in [1.165, 1.54) is 12.5 Å². The van der Waals surface area contributed by atoms with Crippen molar-refractivity contribution >= 4 is 5.69 Å². The first-order valence-electron chi connectivity index (χ1n) is 6.88. The van der Waals surface area contributed by atoms with Gasteiger partial charge in [0, 0.05) is 19.1 Å². The lowest BCUT2D eigenvalue weighted by Crippen LogP contribution is -2.49. The number of rotatable bonds is 1. The van der Waals surface area contributed by atoms with E-state index in [9.17, 15) is 10.2 Å². The van der Waals surface area contributed by atoms with Gasteiger partial charge in [-0.3, -0.25) is 4.90 Å². The molecule has 1 saturated heterocycles. The summed E-state index contributed by atoms with van der Waals surface area (Å²) in [5.74, 6) is 0. The van der Waals surface area contributed by atoms with E-state index in [1.54, 1.807) is 6.07 Å². The van der Waals surface area contributed by atoms with Crippen molar-refractivity contribution in [2.45, 2.75) is 52.4 Å². The van der Waals surface area contributed by atoms with Crippen LogP contribution in [0.1, 0.15) is 34.1 Å². The number of aliphatic hydroxyl groups excluding tert-OH is 2. The lowest BCUT2D eigenvalue weighted by molar-refractivity contribution is -0.0456. The number of anilines is 1. The van der Waals surface area contributed by atoms with Crippen molar-refractivity contribution in [2.75, 3.05) is 18.8 Å². The molecule has 2 rings (SSSR count). The second-order valence-corrected chi connectivity index (χ2v) is 4.57. The molecule has 4 N–H and O–H groups in total. The molecular formula is C14H28N2O3. The molecule has 0 bridgehead atoms. The standard InChI is InChI=1S/C8H17NO2.C4H5NO.C2H6/c1-6(2)9-4-3-7(10)8(11)5-9;5-4-1-2-6-3-4;1-2/h6-8,10-11H,3-5H2,1-2H3;1-3H,5H2;1-2H3. The number of likely N-dealkylation sites (tertiary alicyclic amines) is 1. The molecule has 5 heteroatoms. The zero-order valence-electron chi connectivity index (χ0n) is 12.4. The summed E-state index contributed by atoms with van der Waals surface area (Å²) in [6, 6.07) is 2.16. The fourth-order valence-electron chi connectivity index (χ4n) is 1.69. The lowest BCUT2D eigenvalue weighted by atomic mass is 10.0. The van der Waals surface area contributed by atoms with Crippen LogP contribution in [0.25, 0.3) is 0 Å². The first kappa shape index (κ1) is 18.0. The van der Waals surface area contributed by atoms with Crippen molar-refractivity contribution in [1.82, 2.24) is 4.90 Å². The molecule has 112 valence electrons. The summed E-state index contributed by atoms with van der Waals surface area (Å²) in [5.41, 5.74) is 5.86. The SMILES string of the molecule is CC.CC(C)N1CCC(O)C(O)C1.Nc1ccoc1. The summed E-state index contributed by atoms with van der Waals surface area (Å²) in [6.07, 6.45) is 2.66. The van der Waals surface area contributed by atoms with Crippen molar-refractivity contribution < 1.29 is 14.6 Å². The molecule has 19 heavy (non-hydrogen) atoms. The van der Waals surface area contributed by atoms with E-state index >= 15 is 0 Å². The van der Waals surface area contributed by atoms with E-state index in [-0.39, 0.29) is 0 Å². The summed E-state index contributed by atoms with van der Waals surface area (Å²) in [6.45, 7) is 9.71. The zero-order chi connectivity index (χ0) is 14.8. The molecule has 0 amide bonds. The predicted octanol–water partition coefficient (Wildman–Crippen LogP) is 1.71. The highest BCUT2D eigenvalue weighted by molar-refractivity contribution is 5.30. The van der Waals surface area contributed by atoms with Gasteiger partial charge in [0.2, 0.25) is 0 Å². The maximum absolute atomic E-state index is 9.31. The zero-order valence-corrected chi connectivity index (χ0v) is 12.4. The van der Waals surface area contributed by atoms with Crippen LogP contribution in [0.15, 0.2) is 23.0 Å². The minimum atomic E-state index is -0.550. The minimum Gasteiger partial charge on any atom is -0.470 e. The van der Waals surface area contributed by atoms with Gasteiger partial charge in [0.1, 0.15) is 6.26 Å². The van der Waals surface area contributed by atoms with Gasteiger partial charge in [-0.25, -0.2) is 0 Å². The van der Waals surface area contributed by atoms with Crippen LogP contribution < -0.4 is 5.73 Å². The Morgan fingerprint density at radius 2 is 1.95 bits per heavy atom. The summed E-state index contributed by atoms with van der Waals surface area (Å²) in [5, 5.41) is 18.5. The topological polar surface area (TPSA) is 82.9 Å². The van der Waals surface area contributed by atoms with E-state index in [0.717, 1.165) is 6.54 Å². The maximum atomic E-state index is 9.31. The number of nitrogen functional groups attached to an aromatic ring is 1. The van der Waals surface area contributed by atoms with E-state index < -0.39 is 12.2 Å². The van der Waals surface area contributed by atoms with Gasteiger partial charge >= 0.3 is 0 Å². The molecule has 2 unspecified atom stereocenters. The third-order valence-electron chi connectivity index (χ3n) is 2.85. The molecule has 5 nitrogen and oxygen atoms in total. The molecule has 1 aromatic heterocycles. The summed E-state index contributed by atoms with van der Waals surface area (Å²) in [7, 11) is 0. The fourth-order valence-corrected chi connectivity index (χ4v) is 1.69. The van der Waals surface area contributed by atoms with Crippen molar-refractivity contribution in [2.24, 2.45) is 0 Å². The van der Waals surface area contributed by atoms with Gasteiger partial charge in [0.25, 0.3) is 0 Å². The van der Waals surface area contributed by atoms with Gasteiger partial charge in [-0.15, -0.1) is 0 Å². The predicted molar refractivity (Wildman–Crippen MR) is 77.8 cm³/mol. The largest absolute Gasteiger partial charge is 0.470 e. The number of hydrogen-bond acceptors (Lipinski definition) is 5. The van der Waals surface area contributed by atoms with E-state index in [4.69, 9.17) is 5.73 Å². The van der Waals surface area contributed by atoms with Crippen LogP contribution in [0.3, 0.4) is 0 Å². The Bertz CT molecular complexity index is 302. The molecule has 0 radical (unpaired) electrons. The van der Waals surface area contributed by atoms with Gasteiger partial charge in [0.15, 0.2) is 0 Å². The van der Waals surface area contributed by atoms with Gasteiger partial charge in [0.05, 0.1) is 24.2 Å². The summed E-state index contributed by atoms with van der Waals surface area (Å²) < 4.78 is 4.59. The van der Waals surface area contributed by atoms with Gasteiger partial charge in [-0.1, -0.05) is 13.8 Å². The Kier molecular flexibility index (Phi) is 9.30. The summed E-state index contributed by atoms with van der Waals surface area (Å²) >= 11 is 0. The van der Waals surface area contributed by atoms with Crippen LogP contribution in [0, 0.1) is 0 Å². The molecule has 1 aromatic rings. The second-order valence-electron chi connectivity index (χ2n) is 4.57. The van der Waals surface area contributed by atoms with Gasteiger partial charge in [-0.2, -0.15) is 0 Å². The molecule has 2 atom stereocenters. The van der Waals surface area contributed by atoms with E-state index in [0.29, 0.717) is 24.7 Å². The van der Waals surface area contributed by atoms with E-state index in [2.05, 4.69) is 23.2 Å². The van der Waals surface area contributed by atoms with Crippen LogP contribution >= 0.6 is 0 Å². The number of β-amino-alcohol motifs (C(OH)–C–C–N with tert-alkyl or cyclic N) is 1. The number of nitrogens with zero attached hydrogens (tertiary/aromatic N) is 1. The Hall–Kier alpha value is -1.04. The third-order valence-corrected chi connectivity index (χ3v) is 2.85. The molecule has 0 aliphatic carbocycles. The normalized spacial score (nSPS) is 23.1. The quantitative estimate of drug-likeness (QED) is 0.725. The van der Waals surface area contributed by atoms with Crippen LogP contribution in [-0.2, 0) is 0 Å². The van der Waals surface area contributed by atoms with Crippen LogP contribution in [0.2, 0.25) is 0 Å². The number of hydrogen-bond donors (Lipinski definition) is 3. The first-order valence-corrected chi connectivity index (χ1v) is 6.88. The van der Waals surface area contributed by atoms with Crippen LogP contribution in [0.4, 0.5) is 5.69 Å². The second kappa shape index (κ2) is 9.83. The molecular weight excluding hydrogens is 244 g/mol. The van der Waals surface area contributed by atoms with Gasteiger partial charge in [-0.05, 0) is 26.3 Å². The summed E-state index contributed by atoms with van der Waals surface area (Å²) in [4.78, 5) is 2.18. The number of piperidine rings is 1. The number of furan rings is 1. The minimum absolute atomic E-state index is 0.470. The van der Waals surface area contributed by atoms with E-state index in [1.807, 2.05) is 13.8 Å². The van der Waals surface area contributed by atoms with Crippen molar-refractivity contribution in [1.29, 1.82) is 0 Å². The first-order chi connectivity index (χ1) is 9.00. The smallest absolute Gasteiger partial charge is 0.113 e. The highest BCUT2D eigenvalue weighted by Gasteiger charge is 2.26. The maximum Gasteiger partial charge on any atom is 0.113 e. The Labute approximate surface area is 116 Å². The molecule has 1 aliphatic heterocycles. The molecule has 2 heterocycles. The number of nitrogens with two attached hydrogens (primary N) is 1. The average molecular weight is 272 g/mol. The molecule has 1 fully saturated rings. The third kappa shape index (κ3) is 7.20. The Balaban J connectivity index is 0.000000341. The van der Waals surface area contributed by atoms with Crippen molar-refractivity contribution in [3.05, 3.63) is 18.6 Å². The van der Waals surface area contributed by atoms with Crippen molar-refractivity contribution in [3.63, 3.8) is 0 Å². The van der Waals surface area contributed by atoms with Crippen LogP contribution in [0.5, 0.6) is 0 Å². The molecule has 0 spiro atoms. The molecule has 0 saturated carbocycles. The number of aliphatic hydroxyl groups is 2. The monoisotopic (exact) mass is 272 g/mol. The molecule has 1 aliphatic rings. The molecule has 0 aromatic carbocycles. The fraction of sp³-hybridized carbons (Fsp3) is 0.714. The van der Waals surface area contributed by atoms with Crippen molar-refractivity contribution in [3.8, 4) is 0 Å². The highest BCUT2D eigenvalue weighted by atomic mass is 16.3. The van der Waals surface area contributed by atoms with Gasteiger partial charge < -0.3 is 20.4 Å².